The molecule has 4 nitrogen and oxygen atoms in total. The van der Waals surface area contributed by atoms with Gasteiger partial charge in [0.15, 0.2) is 0 Å². The molecule has 2 fully saturated rings. The smallest absolute Gasteiger partial charge is 0.256 e. The number of halogens is 1. The second kappa shape index (κ2) is 7.54. The summed E-state index contributed by atoms with van der Waals surface area (Å²) >= 11 is 0. The summed E-state index contributed by atoms with van der Waals surface area (Å²) in [4.78, 5) is 29.0. The van der Waals surface area contributed by atoms with Gasteiger partial charge in [0.1, 0.15) is 5.82 Å². The molecule has 3 rings (SSSR count). The second-order valence-electron chi connectivity index (χ2n) is 7.74. The Bertz CT molecular complexity index is 630. The van der Waals surface area contributed by atoms with Gasteiger partial charge in [0.2, 0.25) is 5.91 Å². The number of nitrogens with zero attached hydrogens (tertiary/aromatic N) is 2. The third-order valence-electron chi connectivity index (χ3n) is 5.42. The van der Waals surface area contributed by atoms with E-state index in [9.17, 15) is 14.0 Å². The molecule has 2 aliphatic heterocycles. The lowest BCUT2D eigenvalue weighted by Gasteiger charge is -2.39. The summed E-state index contributed by atoms with van der Waals surface area (Å²) in [6.45, 7) is 7.12. The van der Waals surface area contributed by atoms with Crippen molar-refractivity contribution >= 4 is 11.8 Å². The summed E-state index contributed by atoms with van der Waals surface area (Å²) < 4.78 is 13.8. The van der Waals surface area contributed by atoms with Crippen LogP contribution in [0.5, 0.6) is 0 Å². The van der Waals surface area contributed by atoms with Crippen LogP contribution in [0.3, 0.4) is 0 Å². The topological polar surface area (TPSA) is 40.6 Å². The van der Waals surface area contributed by atoms with E-state index < -0.39 is 5.82 Å². The number of benzene rings is 1. The maximum absolute atomic E-state index is 13.8. The molecule has 2 atom stereocenters. The molecule has 0 aliphatic carbocycles. The van der Waals surface area contributed by atoms with Crippen molar-refractivity contribution in [1.29, 1.82) is 0 Å². The Hall–Kier alpha value is -1.91. The Morgan fingerprint density at radius 3 is 2.20 bits per heavy atom. The lowest BCUT2D eigenvalue weighted by molar-refractivity contribution is -0.139. The maximum Gasteiger partial charge on any atom is 0.256 e. The van der Waals surface area contributed by atoms with E-state index in [0.29, 0.717) is 37.8 Å². The molecule has 5 heteroatoms. The van der Waals surface area contributed by atoms with Crippen LogP contribution in [0.1, 0.15) is 43.5 Å². The lowest BCUT2D eigenvalue weighted by Crippen LogP contribution is -2.48. The lowest BCUT2D eigenvalue weighted by atomic mass is 9.89. The van der Waals surface area contributed by atoms with Crippen LogP contribution in [0.25, 0.3) is 0 Å². The van der Waals surface area contributed by atoms with E-state index >= 15 is 0 Å². The van der Waals surface area contributed by atoms with Crippen LogP contribution in [0.15, 0.2) is 24.3 Å². The van der Waals surface area contributed by atoms with Crippen molar-refractivity contribution in [2.45, 2.75) is 33.1 Å². The third kappa shape index (κ3) is 4.02. The SMILES string of the molecule is C[C@@H]1C[C@H](C)CN(C(=O)C2CCN(C(=O)c3ccccc3F)CC2)C1. The molecule has 0 spiro atoms. The fourth-order valence-corrected chi connectivity index (χ4v) is 4.24. The van der Waals surface area contributed by atoms with Gasteiger partial charge < -0.3 is 9.80 Å². The molecule has 2 heterocycles. The quantitative estimate of drug-likeness (QED) is 0.825. The van der Waals surface area contributed by atoms with Crippen molar-refractivity contribution < 1.29 is 14.0 Å². The summed E-state index contributed by atoms with van der Waals surface area (Å²) in [5, 5.41) is 0. The molecule has 0 unspecified atom stereocenters. The van der Waals surface area contributed by atoms with E-state index in [0.717, 1.165) is 13.1 Å². The maximum atomic E-state index is 13.8. The van der Waals surface area contributed by atoms with E-state index in [4.69, 9.17) is 0 Å². The minimum absolute atomic E-state index is 0.0119. The molecule has 1 aromatic rings. The summed E-state index contributed by atoms with van der Waals surface area (Å²) in [5.41, 5.74) is 0.117. The van der Waals surface area contributed by atoms with Crippen molar-refractivity contribution in [2.75, 3.05) is 26.2 Å². The molecule has 0 radical (unpaired) electrons. The Morgan fingerprint density at radius 1 is 1.00 bits per heavy atom. The zero-order chi connectivity index (χ0) is 18.0. The zero-order valence-corrected chi connectivity index (χ0v) is 15.1. The van der Waals surface area contributed by atoms with Crippen LogP contribution in [0, 0.1) is 23.6 Å². The van der Waals surface area contributed by atoms with Gasteiger partial charge in [-0.2, -0.15) is 0 Å². The highest BCUT2D eigenvalue weighted by Crippen LogP contribution is 2.26. The molecule has 2 aliphatic rings. The molecule has 0 saturated carbocycles. The van der Waals surface area contributed by atoms with Gasteiger partial charge in [0, 0.05) is 32.1 Å². The molecule has 2 saturated heterocycles. The van der Waals surface area contributed by atoms with E-state index in [1.54, 1.807) is 17.0 Å². The van der Waals surface area contributed by atoms with Crippen LogP contribution in [0.2, 0.25) is 0 Å². The number of carbonyl (C=O) groups is 2. The average molecular weight is 346 g/mol. The Kier molecular flexibility index (Phi) is 5.40. The molecule has 25 heavy (non-hydrogen) atoms. The summed E-state index contributed by atoms with van der Waals surface area (Å²) in [6.07, 6.45) is 2.51. The molecule has 2 amide bonds. The van der Waals surface area contributed by atoms with Crippen LogP contribution < -0.4 is 0 Å². The van der Waals surface area contributed by atoms with Gasteiger partial charge in [-0.25, -0.2) is 4.39 Å². The minimum Gasteiger partial charge on any atom is -0.342 e. The molecule has 0 bridgehead atoms. The van der Waals surface area contributed by atoms with E-state index in [2.05, 4.69) is 13.8 Å². The second-order valence-corrected chi connectivity index (χ2v) is 7.74. The largest absolute Gasteiger partial charge is 0.342 e. The Balaban J connectivity index is 1.57. The van der Waals surface area contributed by atoms with Crippen molar-refractivity contribution in [3.8, 4) is 0 Å². The monoisotopic (exact) mass is 346 g/mol. The van der Waals surface area contributed by atoms with Gasteiger partial charge in [0.05, 0.1) is 5.56 Å². The van der Waals surface area contributed by atoms with Crippen molar-refractivity contribution in [2.24, 2.45) is 17.8 Å². The fraction of sp³-hybridized carbons (Fsp3) is 0.600. The number of piperidine rings is 2. The van der Waals surface area contributed by atoms with Crippen molar-refractivity contribution in [3.63, 3.8) is 0 Å². The number of carbonyl (C=O) groups excluding carboxylic acids is 2. The summed E-state index contributed by atoms with van der Waals surface area (Å²) in [6, 6.07) is 6.08. The molecular formula is C20H27FN2O2. The van der Waals surface area contributed by atoms with Gasteiger partial charge in [-0.05, 0) is 43.2 Å². The van der Waals surface area contributed by atoms with Crippen LogP contribution in [0.4, 0.5) is 4.39 Å². The summed E-state index contributed by atoms with van der Waals surface area (Å²) in [7, 11) is 0. The number of hydrogen-bond donors (Lipinski definition) is 0. The van der Waals surface area contributed by atoms with Crippen LogP contribution in [-0.2, 0) is 4.79 Å². The third-order valence-corrected chi connectivity index (χ3v) is 5.42. The molecular weight excluding hydrogens is 319 g/mol. The van der Waals surface area contributed by atoms with Crippen molar-refractivity contribution in [3.05, 3.63) is 35.6 Å². The molecule has 0 N–H and O–H groups in total. The molecule has 1 aromatic carbocycles. The predicted octanol–water partition coefficient (Wildman–Crippen LogP) is 3.18. The zero-order valence-electron chi connectivity index (χ0n) is 15.1. The normalized spacial score (nSPS) is 25.1. The summed E-state index contributed by atoms with van der Waals surface area (Å²) in [5.74, 6) is 0.565. The van der Waals surface area contributed by atoms with Gasteiger partial charge in [-0.3, -0.25) is 9.59 Å². The standard InChI is InChI=1S/C20H27FN2O2/c1-14-11-15(2)13-23(12-14)19(24)16-7-9-22(10-8-16)20(25)17-5-3-4-6-18(17)21/h3-6,14-16H,7-13H2,1-2H3/t14-,15+. The first-order valence-corrected chi connectivity index (χ1v) is 9.28. The Morgan fingerprint density at radius 2 is 1.60 bits per heavy atom. The van der Waals surface area contributed by atoms with Gasteiger partial charge in [-0.15, -0.1) is 0 Å². The van der Waals surface area contributed by atoms with Crippen LogP contribution in [-0.4, -0.2) is 47.8 Å². The Labute approximate surface area is 149 Å². The number of hydrogen-bond acceptors (Lipinski definition) is 2. The first-order valence-electron chi connectivity index (χ1n) is 9.28. The number of amides is 2. The highest BCUT2D eigenvalue weighted by molar-refractivity contribution is 5.94. The highest BCUT2D eigenvalue weighted by atomic mass is 19.1. The average Bonchev–Trinajstić information content (AvgIpc) is 2.60. The van der Waals surface area contributed by atoms with E-state index in [1.807, 2.05) is 4.90 Å². The van der Waals surface area contributed by atoms with Gasteiger partial charge >= 0.3 is 0 Å². The van der Waals surface area contributed by atoms with Gasteiger partial charge in [0.25, 0.3) is 5.91 Å². The molecule has 136 valence electrons. The molecule has 0 aromatic heterocycles. The van der Waals surface area contributed by atoms with E-state index in [1.165, 1.54) is 18.6 Å². The first kappa shape index (κ1) is 17.9. The predicted molar refractivity (Wildman–Crippen MR) is 94.6 cm³/mol. The number of rotatable bonds is 2. The highest BCUT2D eigenvalue weighted by Gasteiger charge is 2.33. The van der Waals surface area contributed by atoms with Crippen LogP contribution >= 0.6 is 0 Å². The van der Waals surface area contributed by atoms with Gasteiger partial charge in [-0.1, -0.05) is 26.0 Å². The fourth-order valence-electron chi connectivity index (χ4n) is 4.24. The first-order chi connectivity index (χ1) is 12.0. The minimum atomic E-state index is -0.484. The van der Waals surface area contributed by atoms with E-state index in [-0.39, 0.29) is 23.3 Å². The number of likely N-dealkylation sites (tertiary alicyclic amines) is 2. The van der Waals surface area contributed by atoms with Crippen molar-refractivity contribution in [1.82, 2.24) is 9.80 Å².